The normalized spacial score (nSPS) is 16.9. The molecule has 0 fully saturated rings. The number of rotatable bonds is 2. The molecule has 1 aliphatic heterocycles. The van der Waals surface area contributed by atoms with Crippen LogP contribution in [0, 0.1) is 22.7 Å². The van der Waals surface area contributed by atoms with Crippen molar-refractivity contribution in [2.75, 3.05) is 0 Å². The highest BCUT2D eigenvalue weighted by molar-refractivity contribution is 5.93. The smallest absolute Gasteiger partial charge is 0.205 e. The number of ether oxygens (including phenoxy) is 1. The van der Waals surface area contributed by atoms with E-state index in [1.54, 1.807) is 6.20 Å². The zero-order chi connectivity index (χ0) is 18.1. The number of nitriles is 2. The summed E-state index contributed by atoms with van der Waals surface area (Å²) in [7, 11) is 0. The highest BCUT2D eigenvalue weighted by atomic mass is 16.5. The van der Waals surface area contributed by atoms with Crippen LogP contribution in [0.3, 0.4) is 0 Å². The molecule has 124 valence electrons. The molecule has 1 atom stereocenters. The number of nitrogens with zero attached hydrogens (tertiary/aromatic N) is 2. The Bertz CT molecular complexity index is 1140. The van der Waals surface area contributed by atoms with Gasteiger partial charge in [0.25, 0.3) is 0 Å². The number of hydrogen-bond acceptors (Lipinski definition) is 4. The molecule has 0 radical (unpaired) electrons. The van der Waals surface area contributed by atoms with Gasteiger partial charge in [-0.25, -0.2) is 0 Å². The molecular formula is C21H14N4O. The van der Waals surface area contributed by atoms with E-state index in [0.29, 0.717) is 11.3 Å². The van der Waals surface area contributed by atoms with Crippen LogP contribution in [0.5, 0.6) is 0 Å². The SMILES string of the molecule is N#CC1=C(N)OC(c2c[nH]c3ccccc23)=C(C#N)C1c1ccccc1. The van der Waals surface area contributed by atoms with E-state index in [0.717, 1.165) is 22.0 Å². The van der Waals surface area contributed by atoms with E-state index in [-0.39, 0.29) is 11.5 Å². The zero-order valence-corrected chi connectivity index (χ0v) is 13.7. The van der Waals surface area contributed by atoms with Crippen LogP contribution in [0.2, 0.25) is 0 Å². The van der Waals surface area contributed by atoms with Crippen molar-refractivity contribution in [2.45, 2.75) is 5.92 Å². The van der Waals surface area contributed by atoms with Gasteiger partial charge in [0.15, 0.2) is 5.76 Å². The van der Waals surface area contributed by atoms with Crippen molar-refractivity contribution in [3.05, 3.63) is 89.0 Å². The minimum absolute atomic E-state index is 0.0284. The number of aromatic amines is 1. The van der Waals surface area contributed by atoms with Crippen LogP contribution < -0.4 is 5.73 Å². The van der Waals surface area contributed by atoms with Gasteiger partial charge in [0.1, 0.15) is 11.6 Å². The van der Waals surface area contributed by atoms with Crippen molar-refractivity contribution in [2.24, 2.45) is 5.73 Å². The molecule has 0 saturated heterocycles. The Balaban J connectivity index is 1.98. The van der Waals surface area contributed by atoms with E-state index in [4.69, 9.17) is 10.5 Å². The van der Waals surface area contributed by atoms with Crippen LogP contribution in [-0.4, -0.2) is 4.98 Å². The summed E-state index contributed by atoms with van der Waals surface area (Å²) in [6.07, 6.45) is 1.80. The number of nitrogens with two attached hydrogens (primary N) is 1. The lowest BCUT2D eigenvalue weighted by Gasteiger charge is -2.25. The van der Waals surface area contributed by atoms with E-state index in [1.165, 1.54) is 0 Å². The maximum Gasteiger partial charge on any atom is 0.205 e. The largest absolute Gasteiger partial charge is 0.439 e. The molecule has 3 N–H and O–H groups in total. The molecule has 4 rings (SSSR count). The molecule has 0 saturated carbocycles. The third-order valence-corrected chi connectivity index (χ3v) is 4.51. The standard InChI is InChI=1S/C21H14N4O/c22-10-15-19(13-6-2-1-3-7-13)16(11-23)21(24)26-20(15)17-12-25-18-9-5-4-8-14(17)18/h1-9,12,19,25H,24H2. The summed E-state index contributed by atoms with van der Waals surface area (Å²) < 4.78 is 5.77. The molecule has 2 heterocycles. The van der Waals surface area contributed by atoms with E-state index in [9.17, 15) is 10.5 Å². The summed E-state index contributed by atoms with van der Waals surface area (Å²) in [5.41, 5.74) is 9.17. The Hall–Kier alpha value is -3.96. The van der Waals surface area contributed by atoms with Crippen molar-refractivity contribution in [3.8, 4) is 12.1 Å². The lowest BCUT2D eigenvalue weighted by atomic mass is 9.83. The minimum atomic E-state index is -0.552. The molecule has 0 bridgehead atoms. The average molecular weight is 338 g/mol. The van der Waals surface area contributed by atoms with Gasteiger partial charge in [-0.1, -0.05) is 48.5 Å². The number of allylic oxidation sites excluding steroid dienone is 2. The number of para-hydroxylation sites is 1. The van der Waals surface area contributed by atoms with Crippen LogP contribution in [0.4, 0.5) is 0 Å². The summed E-state index contributed by atoms with van der Waals surface area (Å²) in [6.45, 7) is 0. The molecule has 26 heavy (non-hydrogen) atoms. The van der Waals surface area contributed by atoms with Crippen molar-refractivity contribution in [3.63, 3.8) is 0 Å². The molecule has 1 aliphatic rings. The molecule has 0 spiro atoms. The predicted molar refractivity (Wildman–Crippen MR) is 97.9 cm³/mol. The second-order valence-corrected chi connectivity index (χ2v) is 5.94. The Morgan fingerprint density at radius 1 is 0.923 bits per heavy atom. The number of nitrogens with one attached hydrogen (secondary N) is 1. The first-order valence-electron chi connectivity index (χ1n) is 8.08. The van der Waals surface area contributed by atoms with Crippen LogP contribution in [0.15, 0.2) is 77.8 Å². The summed E-state index contributed by atoms with van der Waals surface area (Å²) in [5, 5.41) is 20.4. The average Bonchev–Trinajstić information content (AvgIpc) is 3.11. The number of hydrogen-bond donors (Lipinski definition) is 2. The molecule has 5 heteroatoms. The van der Waals surface area contributed by atoms with Gasteiger partial charge in [-0.05, 0) is 11.6 Å². The second-order valence-electron chi connectivity index (χ2n) is 5.94. The van der Waals surface area contributed by atoms with Gasteiger partial charge < -0.3 is 15.5 Å². The Labute approximate surface area is 150 Å². The first-order valence-corrected chi connectivity index (χ1v) is 8.08. The lowest BCUT2D eigenvalue weighted by Crippen LogP contribution is -2.19. The molecule has 0 aliphatic carbocycles. The summed E-state index contributed by atoms with van der Waals surface area (Å²) >= 11 is 0. The van der Waals surface area contributed by atoms with Gasteiger partial charge in [-0.3, -0.25) is 0 Å². The number of benzene rings is 2. The molecule has 0 amide bonds. The van der Waals surface area contributed by atoms with Crippen LogP contribution in [-0.2, 0) is 4.74 Å². The monoisotopic (exact) mass is 338 g/mol. The van der Waals surface area contributed by atoms with Crippen molar-refractivity contribution < 1.29 is 4.74 Å². The van der Waals surface area contributed by atoms with Crippen molar-refractivity contribution in [1.29, 1.82) is 10.5 Å². The van der Waals surface area contributed by atoms with Crippen LogP contribution >= 0.6 is 0 Å². The third kappa shape index (κ3) is 2.31. The fraction of sp³-hybridized carbons (Fsp3) is 0.0476. The third-order valence-electron chi connectivity index (χ3n) is 4.51. The molecule has 3 aromatic rings. The van der Waals surface area contributed by atoms with Gasteiger partial charge >= 0.3 is 0 Å². The molecule has 5 nitrogen and oxygen atoms in total. The first kappa shape index (κ1) is 15.6. The predicted octanol–water partition coefficient (Wildman–Crippen LogP) is 3.91. The molecular weight excluding hydrogens is 324 g/mol. The summed E-state index contributed by atoms with van der Waals surface area (Å²) in [5.74, 6) is -0.139. The second kappa shape index (κ2) is 6.16. The van der Waals surface area contributed by atoms with E-state index >= 15 is 0 Å². The number of fused-ring (bicyclic) bond motifs is 1. The number of aromatic nitrogens is 1. The molecule has 2 aromatic carbocycles. The fourth-order valence-electron chi connectivity index (χ4n) is 3.31. The summed E-state index contributed by atoms with van der Waals surface area (Å²) in [4.78, 5) is 3.18. The first-order chi connectivity index (χ1) is 12.7. The van der Waals surface area contributed by atoms with E-state index < -0.39 is 5.92 Å². The Morgan fingerprint density at radius 2 is 1.62 bits per heavy atom. The zero-order valence-electron chi connectivity index (χ0n) is 13.7. The fourth-order valence-corrected chi connectivity index (χ4v) is 3.31. The summed E-state index contributed by atoms with van der Waals surface area (Å²) in [6, 6.07) is 21.5. The molecule has 1 unspecified atom stereocenters. The van der Waals surface area contributed by atoms with Gasteiger partial charge in [-0.2, -0.15) is 10.5 Å². The van der Waals surface area contributed by atoms with Crippen molar-refractivity contribution >= 4 is 16.7 Å². The maximum atomic E-state index is 9.89. The van der Waals surface area contributed by atoms with Crippen LogP contribution in [0.1, 0.15) is 17.0 Å². The van der Waals surface area contributed by atoms with Gasteiger partial charge in [-0.15, -0.1) is 0 Å². The highest BCUT2D eigenvalue weighted by Crippen LogP contribution is 2.43. The quantitative estimate of drug-likeness (QED) is 0.740. The van der Waals surface area contributed by atoms with Crippen molar-refractivity contribution in [1.82, 2.24) is 4.98 Å². The minimum Gasteiger partial charge on any atom is -0.439 e. The van der Waals surface area contributed by atoms with Crippen LogP contribution in [0.25, 0.3) is 16.7 Å². The topological polar surface area (TPSA) is 98.6 Å². The Kier molecular flexibility index (Phi) is 3.69. The maximum absolute atomic E-state index is 9.89. The van der Waals surface area contributed by atoms with E-state index in [1.807, 2.05) is 54.6 Å². The van der Waals surface area contributed by atoms with E-state index in [2.05, 4.69) is 17.1 Å². The van der Waals surface area contributed by atoms with Gasteiger partial charge in [0.05, 0.1) is 17.6 Å². The Morgan fingerprint density at radius 3 is 2.35 bits per heavy atom. The molecule has 1 aromatic heterocycles. The highest BCUT2D eigenvalue weighted by Gasteiger charge is 2.34. The van der Waals surface area contributed by atoms with Gasteiger partial charge in [0.2, 0.25) is 5.88 Å². The number of H-pyrrole nitrogens is 1. The lowest BCUT2D eigenvalue weighted by molar-refractivity contribution is 0.358. The van der Waals surface area contributed by atoms with Gasteiger partial charge in [0, 0.05) is 22.7 Å².